The summed E-state index contributed by atoms with van der Waals surface area (Å²) in [4.78, 5) is 23.0. The number of sulfonamides is 1. The number of nitrogens with one attached hydrogen (secondary N) is 1. The maximum absolute atomic E-state index is 11.9. The first-order valence-corrected chi connectivity index (χ1v) is 8.93. The van der Waals surface area contributed by atoms with Gasteiger partial charge in [-0.1, -0.05) is 19.3 Å². The minimum Gasteiger partial charge on any atom is -0.481 e. The Morgan fingerprint density at radius 3 is 2.29 bits per heavy atom. The number of carboxylic acids is 1. The van der Waals surface area contributed by atoms with Gasteiger partial charge in [-0.15, -0.1) is 0 Å². The Morgan fingerprint density at radius 1 is 1.14 bits per heavy atom. The van der Waals surface area contributed by atoms with E-state index in [2.05, 4.69) is 5.32 Å². The number of rotatable bonds is 8. The average Bonchev–Trinajstić information content (AvgIpc) is 2.33. The van der Waals surface area contributed by atoms with E-state index in [1.54, 1.807) is 0 Å². The Kier molecular flexibility index (Phi) is 6.60. The summed E-state index contributed by atoms with van der Waals surface area (Å²) < 4.78 is 21.5. The number of hydrogen-bond acceptors (Lipinski definition) is 4. The highest BCUT2D eigenvalue weighted by atomic mass is 32.2. The van der Waals surface area contributed by atoms with Crippen LogP contribution in [0.1, 0.15) is 51.4 Å². The van der Waals surface area contributed by atoms with Gasteiger partial charge in [-0.05, 0) is 24.7 Å². The summed E-state index contributed by atoms with van der Waals surface area (Å²) in [6.07, 6.45) is 4.95. The first-order chi connectivity index (χ1) is 9.72. The Labute approximate surface area is 125 Å². The molecule has 1 aliphatic rings. The fourth-order valence-electron chi connectivity index (χ4n) is 2.94. The van der Waals surface area contributed by atoms with Gasteiger partial charge in [-0.2, -0.15) is 0 Å². The minimum atomic E-state index is -3.51. The van der Waals surface area contributed by atoms with Gasteiger partial charge in [-0.25, -0.2) is 13.6 Å². The summed E-state index contributed by atoms with van der Waals surface area (Å²) in [6, 6.07) is 0. The standard InChI is InChI=1S/C13H24N2O5S/c14-21(19,20)8-4-7-15-11(16)9-13(10-12(17)18)5-2-1-3-6-13/h1-10H2,(H,15,16)(H,17,18)(H2,14,19,20). The monoisotopic (exact) mass is 320 g/mol. The lowest BCUT2D eigenvalue weighted by atomic mass is 9.69. The number of amides is 1. The molecule has 1 aliphatic carbocycles. The number of aliphatic carboxylic acids is 1. The zero-order valence-electron chi connectivity index (χ0n) is 12.1. The molecule has 0 aliphatic heterocycles. The molecule has 0 heterocycles. The van der Waals surface area contributed by atoms with Crippen molar-refractivity contribution in [3.63, 3.8) is 0 Å². The van der Waals surface area contributed by atoms with Crippen LogP contribution in [0, 0.1) is 5.41 Å². The quantitative estimate of drug-likeness (QED) is 0.564. The van der Waals surface area contributed by atoms with Crippen molar-refractivity contribution < 1.29 is 23.1 Å². The zero-order chi connectivity index (χ0) is 15.9. The van der Waals surface area contributed by atoms with Crippen molar-refractivity contribution >= 4 is 21.9 Å². The highest BCUT2D eigenvalue weighted by Gasteiger charge is 2.36. The van der Waals surface area contributed by atoms with E-state index in [4.69, 9.17) is 10.2 Å². The van der Waals surface area contributed by atoms with Crippen molar-refractivity contribution in [1.82, 2.24) is 5.32 Å². The second-order valence-corrected chi connectivity index (χ2v) is 7.61. The van der Waals surface area contributed by atoms with Crippen LogP contribution in [-0.2, 0) is 19.6 Å². The van der Waals surface area contributed by atoms with Crippen molar-refractivity contribution in [1.29, 1.82) is 0 Å². The first kappa shape index (κ1) is 17.9. The first-order valence-electron chi connectivity index (χ1n) is 7.21. The largest absolute Gasteiger partial charge is 0.481 e. The third-order valence-electron chi connectivity index (χ3n) is 3.90. The molecule has 0 radical (unpaired) electrons. The fraction of sp³-hybridized carbons (Fsp3) is 0.846. The summed E-state index contributed by atoms with van der Waals surface area (Å²) in [7, 11) is -3.51. The van der Waals surface area contributed by atoms with Crippen molar-refractivity contribution in [3.05, 3.63) is 0 Å². The van der Waals surface area contributed by atoms with Gasteiger partial charge in [-0.3, -0.25) is 9.59 Å². The van der Waals surface area contributed by atoms with Crippen LogP contribution in [0.5, 0.6) is 0 Å². The smallest absolute Gasteiger partial charge is 0.303 e. The predicted octanol–water partition coefficient (Wildman–Crippen LogP) is 0.596. The second-order valence-electron chi connectivity index (χ2n) is 5.88. The van der Waals surface area contributed by atoms with Crippen molar-refractivity contribution in [2.45, 2.75) is 51.4 Å². The number of nitrogens with two attached hydrogens (primary N) is 1. The number of hydrogen-bond donors (Lipinski definition) is 3. The Balaban J connectivity index is 2.43. The molecule has 1 amide bonds. The molecule has 0 spiro atoms. The molecular weight excluding hydrogens is 296 g/mol. The Bertz CT molecular complexity index is 469. The molecule has 21 heavy (non-hydrogen) atoms. The molecule has 0 saturated heterocycles. The third-order valence-corrected chi connectivity index (χ3v) is 4.76. The molecule has 0 aromatic rings. The van der Waals surface area contributed by atoms with E-state index in [-0.39, 0.29) is 37.5 Å². The van der Waals surface area contributed by atoms with Crippen LogP contribution >= 0.6 is 0 Å². The van der Waals surface area contributed by atoms with Crippen molar-refractivity contribution in [2.24, 2.45) is 10.6 Å². The molecule has 1 fully saturated rings. The number of carbonyl (C=O) groups is 2. The number of carbonyl (C=O) groups excluding carboxylic acids is 1. The van der Waals surface area contributed by atoms with E-state index < -0.39 is 21.4 Å². The lowest BCUT2D eigenvalue weighted by molar-refractivity contribution is -0.141. The Morgan fingerprint density at radius 2 is 1.76 bits per heavy atom. The summed E-state index contributed by atoms with van der Waals surface area (Å²) in [5.41, 5.74) is -0.450. The van der Waals surface area contributed by atoms with E-state index in [9.17, 15) is 18.0 Å². The van der Waals surface area contributed by atoms with Gasteiger partial charge < -0.3 is 10.4 Å². The minimum absolute atomic E-state index is 0.0115. The average molecular weight is 320 g/mol. The molecule has 0 unspecified atom stereocenters. The zero-order valence-corrected chi connectivity index (χ0v) is 13.0. The summed E-state index contributed by atoms with van der Waals surface area (Å²) in [5.74, 6) is -1.26. The van der Waals surface area contributed by atoms with Crippen LogP contribution in [0.25, 0.3) is 0 Å². The van der Waals surface area contributed by atoms with Gasteiger partial charge >= 0.3 is 5.97 Å². The van der Waals surface area contributed by atoms with Gasteiger partial charge in [0.25, 0.3) is 0 Å². The number of carboxylic acid groups (broad SMARTS) is 1. The van der Waals surface area contributed by atoms with E-state index >= 15 is 0 Å². The van der Waals surface area contributed by atoms with Crippen LogP contribution in [-0.4, -0.2) is 37.7 Å². The lowest BCUT2D eigenvalue weighted by Crippen LogP contribution is -2.36. The molecule has 122 valence electrons. The number of primary sulfonamides is 1. The molecule has 0 atom stereocenters. The predicted molar refractivity (Wildman–Crippen MR) is 78.0 cm³/mol. The van der Waals surface area contributed by atoms with Gasteiger partial charge in [0.15, 0.2) is 0 Å². The lowest BCUT2D eigenvalue weighted by Gasteiger charge is -2.35. The molecule has 8 heteroatoms. The molecule has 1 saturated carbocycles. The normalized spacial score (nSPS) is 18.1. The summed E-state index contributed by atoms with van der Waals surface area (Å²) in [5, 5.41) is 16.6. The maximum atomic E-state index is 11.9. The SMILES string of the molecule is NS(=O)(=O)CCCNC(=O)CC1(CC(=O)O)CCCCC1. The third kappa shape index (κ3) is 7.42. The summed E-state index contributed by atoms with van der Waals surface area (Å²) >= 11 is 0. The topological polar surface area (TPSA) is 127 Å². The highest BCUT2D eigenvalue weighted by molar-refractivity contribution is 7.89. The molecule has 0 aromatic heterocycles. The maximum Gasteiger partial charge on any atom is 0.303 e. The van der Waals surface area contributed by atoms with Crippen LogP contribution in [0.2, 0.25) is 0 Å². The van der Waals surface area contributed by atoms with Crippen LogP contribution in [0.15, 0.2) is 0 Å². The fourth-order valence-corrected chi connectivity index (χ4v) is 3.49. The molecule has 1 rings (SSSR count). The van der Waals surface area contributed by atoms with E-state index in [0.29, 0.717) is 0 Å². The van der Waals surface area contributed by atoms with Crippen molar-refractivity contribution in [2.75, 3.05) is 12.3 Å². The molecule has 0 bridgehead atoms. The van der Waals surface area contributed by atoms with Crippen molar-refractivity contribution in [3.8, 4) is 0 Å². The van der Waals surface area contributed by atoms with Crippen LogP contribution in [0.3, 0.4) is 0 Å². The van der Waals surface area contributed by atoms with Gasteiger partial charge in [0.05, 0.1) is 12.2 Å². The van der Waals surface area contributed by atoms with Crippen LogP contribution in [0.4, 0.5) is 0 Å². The molecule has 0 aromatic carbocycles. The molecule has 4 N–H and O–H groups in total. The van der Waals surface area contributed by atoms with Gasteiger partial charge in [0.1, 0.15) is 0 Å². The molecular formula is C13H24N2O5S. The van der Waals surface area contributed by atoms with Gasteiger partial charge in [0.2, 0.25) is 15.9 Å². The summed E-state index contributed by atoms with van der Waals surface area (Å²) in [6.45, 7) is 0.235. The highest BCUT2D eigenvalue weighted by Crippen LogP contribution is 2.42. The second kappa shape index (κ2) is 7.74. The van der Waals surface area contributed by atoms with E-state index in [1.807, 2.05) is 0 Å². The van der Waals surface area contributed by atoms with Gasteiger partial charge in [0, 0.05) is 13.0 Å². The Hall–Kier alpha value is -1.15. The van der Waals surface area contributed by atoms with E-state index in [0.717, 1.165) is 32.1 Å². The molecule has 7 nitrogen and oxygen atoms in total. The van der Waals surface area contributed by atoms with Crippen LogP contribution < -0.4 is 10.5 Å². The van der Waals surface area contributed by atoms with E-state index in [1.165, 1.54) is 0 Å².